The number of carboxylic acids is 1. The number of imidazole rings is 1. The van der Waals surface area contributed by atoms with Gasteiger partial charge in [-0.15, -0.1) is 0 Å². The van der Waals surface area contributed by atoms with Crippen molar-refractivity contribution in [2.45, 2.75) is 18.4 Å². The van der Waals surface area contributed by atoms with Gasteiger partial charge < -0.3 is 19.7 Å². The molecule has 1 aromatic heterocycles. The van der Waals surface area contributed by atoms with Crippen molar-refractivity contribution in [2.75, 3.05) is 6.61 Å². The molecular weight excluding hydrogens is 497 g/mol. The third-order valence-corrected chi connectivity index (χ3v) is 6.24. The number of halogens is 1. The van der Waals surface area contributed by atoms with E-state index >= 15 is 0 Å². The predicted octanol–water partition coefficient (Wildman–Crippen LogP) is 3.56. The fraction of sp³-hybridized carbons (Fsp3) is 0.227. The molecule has 2 aromatic carbocycles. The fourth-order valence-corrected chi connectivity index (χ4v) is 4.56. The number of amides is 1. The highest BCUT2D eigenvalue weighted by atomic mass is 127. The quantitative estimate of drug-likeness (QED) is 0.488. The molecule has 0 bridgehead atoms. The Balaban J connectivity index is 1.45. The van der Waals surface area contributed by atoms with Gasteiger partial charge in [0.25, 0.3) is 0 Å². The summed E-state index contributed by atoms with van der Waals surface area (Å²) in [7, 11) is 1.79. The van der Waals surface area contributed by atoms with E-state index in [9.17, 15) is 14.7 Å². The molecule has 154 valence electrons. The Morgan fingerprint density at radius 2 is 1.77 bits per heavy atom. The van der Waals surface area contributed by atoms with Crippen LogP contribution in [0.1, 0.15) is 22.7 Å². The zero-order valence-electron chi connectivity index (χ0n) is 16.2. The maximum atomic E-state index is 12.4. The van der Waals surface area contributed by atoms with Crippen LogP contribution in [0, 0.1) is 3.70 Å². The van der Waals surface area contributed by atoms with Crippen molar-refractivity contribution in [1.82, 2.24) is 14.9 Å². The number of rotatable bonds is 6. The molecule has 1 heterocycles. The minimum Gasteiger partial charge on any atom is -0.480 e. The van der Waals surface area contributed by atoms with Gasteiger partial charge in [-0.25, -0.2) is 14.6 Å². The molecular formula is C22H20IN3O4. The van der Waals surface area contributed by atoms with Gasteiger partial charge in [-0.1, -0.05) is 48.5 Å². The van der Waals surface area contributed by atoms with Gasteiger partial charge in [0.2, 0.25) is 0 Å². The molecule has 3 aromatic rings. The fourth-order valence-electron chi connectivity index (χ4n) is 3.83. The maximum absolute atomic E-state index is 12.4. The monoisotopic (exact) mass is 517 g/mol. The smallest absolute Gasteiger partial charge is 0.407 e. The van der Waals surface area contributed by atoms with Crippen LogP contribution in [0.25, 0.3) is 11.1 Å². The van der Waals surface area contributed by atoms with Crippen LogP contribution in [0.2, 0.25) is 0 Å². The Bertz CT molecular complexity index is 1050. The number of aromatic nitrogens is 2. The number of aryl methyl sites for hydroxylation is 1. The highest BCUT2D eigenvalue weighted by molar-refractivity contribution is 14.1. The molecule has 0 fully saturated rings. The van der Waals surface area contributed by atoms with E-state index in [2.05, 4.69) is 22.4 Å². The van der Waals surface area contributed by atoms with Crippen LogP contribution in [0.4, 0.5) is 4.79 Å². The Hall–Kier alpha value is -2.88. The minimum absolute atomic E-state index is 0.0792. The first-order valence-corrected chi connectivity index (χ1v) is 10.5. The molecule has 7 nitrogen and oxygen atoms in total. The summed E-state index contributed by atoms with van der Waals surface area (Å²) >= 11 is 2.05. The van der Waals surface area contributed by atoms with Crippen molar-refractivity contribution in [2.24, 2.45) is 7.05 Å². The van der Waals surface area contributed by atoms with E-state index in [1.165, 1.54) is 0 Å². The summed E-state index contributed by atoms with van der Waals surface area (Å²) in [6, 6.07) is 15.0. The average Bonchev–Trinajstić information content (AvgIpc) is 3.23. The summed E-state index contributed by atoms with van der Waals surface area (Å²) in [4.78, 5) is 28.2. The number of benzene rings is 2. The van der Waals surface area contributed by atoms with E-state index in [-0.39, 0.29) is 18.9 Å². The average molecular weight is 517 g/mol. The van der Waals surface area contributed by atoms with Crippen molar-refractivity contribution >= 4 is 34.7 Å². The molecule has 2 N–H and O–H groups in total. The zero-order valence-corrected chi connectivity index (χ0v) is 18.4. The van der Waals surface area contributed by atoms with Crippen LogP contribution in [0.15, 0.2) is 54.9 Å². The van der Waals surface area contributed by atoms with Crippen molar-refractivity contribution in [3.8, 4) is 11.1 Å². The summed E-state index contributed by atoms with van der Waals surface area (Å²) in [6.07, 6.45) is 0.985. The summed E-state index contributed by atoms with van der Waals surface area (Å²) in [5.74, 6) is -1.20. The lowest BCUT2D eigenvalue weighted by Crippen LogP contribution is -2.43. The zero-order chi connectivity index (χ0) is 21.3. The number of nitrogens with one attached hydrogen (secondary N) is 1. The third-order valence-electron chi connectivity index (χ3n) is 5.34. The lowest BCUT2D eigenvalue weighted by Gasteiger charge is -2.17. The molecule has 0 aliphatic heterocycles. The molecule has 0 saturated carbocycles. The Labute approximate surface area is 187 Å². The van der Waals surface area contributed by atoms with Crippen LogP contribution >= 0.6 is 22.6 Å². The molecule has 0 saturated heterocycles. The number of hydrogen-bond acceptors (Lipinski definition) is 4. The molecule has 4 rings (SSSR count). The van der Waals surface area contributed by atoms with E-state index in [1.807, 2.05) is 59.0 Å². The Kier molecular flexibility index (Phi) is 5.76. The second kappa shape index (κ2) is 8.47. The number of hydrogen-bond donors (Lipinski definition) is 2. The molecule has 1 atom stereocenters. The number of carbonyl (C=O) groups is 2. The van der Waals surface area contributed by atoms with Crippen molar-refractivity contribution in [1.29, 1.82) is 0 Å². The Morgan fingerprint density at radius 3 is 2.30 bits per heavy atom. The summed E-state index contributed by atoms with van der Waals surface area (Å²) < 4.78 is 7.91. The van der Waals surface area contributed by atoms with Crippen molar-refractivity contribution < 1.29 is 19.4 Å². The summed E-state index contributed by atoms with van der Waals surface area (Å²) in [6.45, 7) is 0.134. The normalized spacial score (nSPS) is 13.4. The lowest BCUT2D eigenvalue weighted by molar-refractivity contribution is -0.139. The summed E-state index contributed by atoms with van der Waals surface area (Å²) in [5.41, 5.74) is 5.21. The molecule has 30 heavy (non-hydrogen) atoms. The lowest BCUT2D eigenvalue weighted by atomic mass is 9.98. The number of ether oxygens (including phenoxy) is 1. The van der Waals surface area contributed by atoms with Crippen LogP contribution in [0.5, 0.6) is 0 Å². The van der Waals surface area contributed by atoms with Gasteiger partial charge in [0.15, 0.2) is 0 Å². The molecule has 1 amide bonds. The number of nitrogens with zero attached hydrogens (tertiary/aromatic N) is 2. The van der Waals surface area contributed by atoms with Crippen LogP contribution in [0.3, 0.4) is 0 Å². The van der Waals surface area contributed by atoms with E-state index < -0.39 is 18.1 Å². The second-order valence-corrected chi connectivity index (χ2v) is 8.18. The number of carbonyl (C=O) groups excluding carboxylic acids is 1. The first-order valence-electron chi connectivity index (χ1n) is 9.45. The first-order chi connectivity index (χ1) is 14.5. The highest BCUT2D eigenvalue weighted by Crippen LogP contribution is 2.44. The van der Waals surface area contributed by atoms with Gasteiger partial charge >= 0.3 is 12.1 Å². The second-order valence-electron chi connectivity index (χ2n) is 7.16. The van der Waals surface area contributed by atoms with E-state index in [0.29, 0.717) is 3.70 Å². The molecule has 1 unspecified atom stereocenters. The van der Waals surface area contributed by atoms with E-state index in [0.717, 1.165) is 27.9 Å². The number of carboxylic acid groups (broad SMARTS) is 1. The van der Waals surface area contributed by atoms with Gasteiger partial charge in [-0.05, 0) is 44.8 Å². The van der Waals surface area contributed by atoms with Gasteiger partial charge in [0.05, 0.1) is 12.0 Å². The topological polar surface area (TPSA) is 93.5 Å². The van der Waals surface area contributed by atoms with Crippen LogP contribution in [-0.2, 0) is 23.0 Å². The summed E-state index contributed by atoms with van der Waals surface area (Å²) in [5, 5.41) is 12.0. The van der Waals surface area contributed by atoms with Crippen molar-refractivity contribution in [3.63, 3.8) is 0 Å². The van der Waals surface area contributed by atoms with Gasteiger partial charge in [0, 0.05) is 19.4 Å². The number of alkyl carbamates (subject to hydrolysis) is 1. The van der Waals surface area contributed by atoms with Gasteiger partial charge in [-0.2, -0.15) is 0 Å². The van der Waals surface area contributed by atoms with E-state index in [4.69, 9.17) is 4.74 Å². The van der Waals surface area contributed by atoms with Crippen LogP contribution in [-0.4, -0.2) is 39.4 Å². The largest absolute Gasteiger partial charge is 0.480 e. The SMILES string of the molecule is Cn1cnc(I)c1CC(NC(=O)OCC1c2ccccc2-c2ccccc21)C(=O)O. The first kappa shape index (κ1) is 20.4. The standard InChI is InChI=1S/C22H20IN3O4/c1-26-12-24-20(23)19(26)10-18(21(27)28)25-22(29)30-11-17-15-8-4-2-6-13(15)14-7-3-5-9-16(14)17/h2-9,12,17-18H,10-11H2,1H3,(H,25,29)(H,27,28). The number of aliphatic carboxylic acids is 1. The Morgan fingerprint density at radius 1 is 1.17 bits per heavy atom. The van der Waals surface area contributed by atoms with Gasteiger partial charge in [0.1, 0.15) is 16.3 Å². The molecule has 0 radical (unpaired) electrons. The predicted molar refractivity (Wildman–Crippen MR) is 119 cm³/mol. The van der Waals surface area contributed by atoms with Crippen molar-refractivity contribution in [3.05, 3.63) is 75.4 Å². The molecule has 8 heteroatoms. The third kappa shape index (κ3) is 3.91. The minimum atomic E-state index is -1.12. The molecule has 1 aliphatic carbocycles. The van der Waals surface area contributed by atoms with Gasteiger partial charge in [-0.3, -0.25) is 0 Å². The number of fused-ring (bicyclic) bond motifs is 3. The maximum Gasteiger partial charge on any atom is 0.407 e. The van der Waals surface area contributed by atoms with Crippen LogP contribution < -0.4 is 5.32 Å². The highest BCUT2D eigenvalue weighted by Gasteiger charge is 2.30. The molecule has 0 spiro atoms. The van der Waals surface area contributed by atoms with E-state index in [1.54, 1.807) is 17.9 Å². The molecule has 1 aliphatic rings.